The van der Waals surface area contributed by atoms with Gasteiger partial charge in [0, 0.05) is 25.6 Å². The van der Waals surface area contributed by atoms with E-state index in [-0.39, 0.29) is 43.3 Å². The lowest BCUT2D eigenvalue weighted by atomic mass is 9.86. The van der Waals surface area contributed by atoms with E-state index in [1.54, 1.807) is 4.90 Å². The maximum absolute atomic E-state index is 12.7. The fraction of sp³-hybridized carbons (Fsp3) is 0.824. The molecule has 0 unspecified atom stereocenters. The number of likely N-dealkylation sites (tertiary alicyclic amines) is 1. The molecule has 2 amide bonds. The molecule has 134 valence electrons. The average molecular weight is 338 g/mol. The van der Waals surface area contributed by atoms with Gasteiger partial charge in [-0.1, -0.05) is 6.92 Å². The SMILES string of the molecule is CC1CCC(N2C[C@@H](C(=O)N3CCO[C@H](C(=O)O)C3)CC2=O)CC1. The van der Waals surface area contributed by atoms with Crippen LogP contribution in [0.2, 0.25) is 0 Å². The topological polar surface area (TPSA) is 87.2 Å². The predicted molar refractivity (Wildman–Crippen MR) is 85.2 cm³/mol. The third kappa shape index (κ3) is 3.55. The van der Waals surface area contributed by atoms with Gasteiger partial charge in [-0.05, 0) is 31.6 Å². The van der Waals surface area contributed by atoms with Crippen molar-refractivity contribution in [1.82, 2.24) is 9.80 Å². The summed E-state index contributed by atoms with van der Waals surface area (Å²) in [5.41, 5.74) is 0. The number of nitrogens with zero attached hydrogens (tertiary/aromatic N) is 2. The first kappa shape index (κ1) is 17.2. The molecule has 0 radical (unpaired) electrons. The van der Waals surface area contributed by atoms with Gasteiger partial charge in [0.1, 0.15) is 0 Å². The van der Waals surface area contributed by atoms with Gasteiger partial charge in [-0.25, -0.2) is 4.79 Å². The fourth-order valence-corrected chi connectivity index (χ4v) is 4.06. The highest BCUT2D eigenvalue weighted by Crippen LogP contribution is 2.31. The number of hydrogen-bond acceptors (Lipinski definition) is 4. The van der Waals surface area contributed by atoms with Crippen molar-refractivity contribution in [2.75, 3.05) is 26.2 Å². The van der Waals surface area contributed by atoms with Crippen LogP contribution in [0, 0.1) is 11.8 Å². The molecule has 24 heavy (non-hydrogen) atoms. The van der Waals surface area contributed by atoms with Crippen molar-refractivity contribution in [2.45, 2.75) is 51.2 Å². The molecule has 1 N–H and O–H groups in total. The van der Waals surface area contributed by atoms with Gasteiger partial charge in [0.2, 0.25) is 11.8 Å². The second kappa shape index (κ2) is 7.09. The predicted octanol–water partition coefficient (Wildman–Crippen LogP) is 0.726. The number of carboxylic acids is 1. The maximum atomic E-state index is 12.7. The molecule has 7 nitrogen and oxygen atoms in total. The van der Waals surface area contributed by atoms with Gasteiger partial charge < -0.3 is 19.6 Å². The van der Waals surface area contributed by atoms with E-state index >= 15 is 0 Å². The van der Waals surface area contributed by atoms with Crippen LogP contribution in [0.1, 0.15) is 39.0 Å². The van der Waals surface area contributed by atoms with Gasteiger partial charge in [-0.3, -0.25) is 9.59 Å². The maximum Gasteiger partial charge on any atom is 0.334 e. The van der Waals surface area contributed by atoms with Crippen LogP contribution in [0.15, 0.2) is 0 Å². The summed E-state index contributed by atoms with van der Waals surface area (Å²) in [6.07, 6.45) is 3.60. The Morgan fingerprint density at radius 3 is 2.54 bits per heavy atom. The summed E-state index contributed by atoms with van der Waals surface area (Å²) < 4.78 is 5.16. The highest BCUT2D eigenvalue weighted by molar-refractivity contribution is 5.89. The Hall–Kier alpha value is -1.63. The molecule has 2 saturated heterocycles. The molecule has 1 aliphatic carbocycles. The standard InChI is InChI=1S/C17H26N2O5/c1-11-2-4-13(5-3-11)19-9-12(8-15(19)20)16(21)18-6-7-24-14(10-18)17(22)23/h11-14H,2-10H2,1H3,(H,22,23)/t11?,12-,13?,14-/m0/s1. The van der Waals surface area contributed by atoms with Crippen molar-refractivity contribution >= 4 is 17.8 Å². The smallest absolute Gasteiger partial charge is 0.334 e. The quantitative estimate of drug-likeness (QED) is 0.819. The van der Waals surface area contributed by atoms with Crippen LogP contribution in [0.3, 0.4) is 0 Å². The number of aliphatic carboxylic acids is 1. The highest BCUT2D eigenvalue weighted by Gasteiger charge is 2.41. The molecule has 0 aromatic rings. The molecule has 3 rings (SSSR count). The molecule has 0 spiro atoms. The van der Waals surface area contributed by atoms with E-state index in [0.29, 0.717) is 13.1 Å². The minimum Gasteiger partial charge on any atom is -0.479 e. The van der Waals surface area contributed by atoms with E-state index in [0.717, 1.165) is 31.6 Å². The van der Waals surface area contributed by atoms with Crippen molar-refractivity contribution in [3.05, 3.63) is 0 Å². The molecular weight excluding hydrogens is 312 g/mol. The lowest BCUT2D eigenvalue weighted by Gasteiger charge is -2.34. The monoisotopic (exact) mass is 338 g/mol. The summed E-state index contributed by atoms with van der Waals surface area (Å²) >= 11 is 0. The lowest BCUT2D eigenvalue weighted by Crippen LogP contribution is -2.50. The van der Waals surface area contributed by atoms with Crippen LogP contribution in [0.25, 0.3) is 0 Å². The van der Waals surface area contributed by atoms with Gasteiger partial charge in [-0.15, -0.1) is 0 Å². The van der Waals surface area contributed by atoms with Crippen molar-refractivity contribution in [3.63, 3.8) is 0 Å². The molecule has 2 heterocycles. The zero-order valence-corrected chi connectivity index (χ0v) is 14.1. The number of carbonyl (C=O) groups excluding carboxylic acids is 2. The minimum absolute atomic E-state index is 0.0657. The number of amides is 2. The van der Waals surface area contributed by atoms with Gasteiger partial charge >= 0.3 is 5.97 Å². The summed E-state index contributed by atoms with van der Waals surface area (Å²) in [5.74, 6) is -0.712. The number of rotatable bonds is 3. The van der Waals surface area contributed by atoms with Crippen molar-refractivity contribution < 1.29 is 24.2 Å². The van der Waals surface area contributed by atoms with E-state index in [1.807, 2.05) is 4.90 Å². The minimum atomic E-state index is -1.05. The summed E-state index contributed by atoms with van der Waals surface area (Å²) in [7, 11) is 0. The fourth-order valence-electron chi connectivity index (χ4n) is 4.06. The molecule has 2 atom stereocenters. The molecule has 1 saturated carbocycles. The number of ether oxygens (including phenoxy) is 1. The van der Waals surface area contributed by atoms with Gasteiger partial charge in [0.05, 0.1) is 19.1 Å². The largest absolute Gasteiger partial charge is 0.479 e. The van der Waals surface area contributed by atoms with Crippen LogP contribution >= 0.6 is 0 Å². The van der Waals surface area contributed by atoms with Gasteiger partial charge in [-0.2, -0.15) is 0 Å². The van der Waals surface area contributed by atoms with Crippen LogP contribution < -0.4 is 0 Å². The van der Waals surface area contributed by atoms with E-state index < -0.39 is 12.1 Å². The van der Waals surface area contributed by atoms with E-state index in [2.05, 4.69) is 6.92 Å². The second-order valence-electron chi connectivity index (χ2n) is 7.34. The summed E-state index contributed by atoms with van der Waals surface area (Å²) in [6.45, 7) is 3.42. The average Bonchev–Trinajstić information content (AvgIpc) is 2.97. The Bertz CT molecular complexity index is 515. The first-order valence-electron chi connectivity index (χ1n) is 8.88. The molecule has 7 heteroatoms. The van der Waals surface area contributed by atoms with Gasteiger partial charge in [0.15, 0.2) is 6.10 Å². The molecule has 3 aliphatic rings. The third-order valence-electron chi connectivity index (χ3n) is 5.59. The molecule has 2 aliphatic heterocycles. The normalized spacial score (nSPS) is 34.5. The second-order valence-corrected chi connectivity index (χ2v) is 7.34. The van der Waals surface area contributed by atoms with Crippen molar-refractivity contribution in [2.24, 2.45) is 11.8 Å². The Morgan fingerprint density at radius 2 is 1.88 bits per heavy atom. The summed E-state index contributed by atoms with van der Waals surface area (Å²) in [6, 6.07) is 0.267. The Kier molecular flexibility index (Phi) is 5.08. The van der Waals surface area contributed by atoms with Crippen molar-refractivity contribution in [1.29, 1.82) is 0 Å². The zero-order valence-electron chi connectivity index (χ0n) is 14.1. The molecule has 0 aromatic carbocycles. The Labute approximate surface area is 141 Å². The number of morpholine rings is 1. The van der Waals surface area contributed by atoms with Crippen LogP contribution in [-0.2, 0) is 19.1 Å². The Balaban J connectivity index is 1.58. The van der Waals surface area contributed by atoms with Crippen molar-refractivity contribution in [3.8, 4) is 0 Å². The number of carbonyl (C=O) groups is 3. The zero-order chi connectivity index (χ0) is 17.3. The number of hydrogen-bond donors (Lipinski definition) is 1. The van der Waals surface area contributed by atoms with E-state index in [1.165, 1.54) is 0 Å². The van der Waals surface area contributed by atoms with Crippen LogP contribution in [0.5, 0.6) is 0 Å². The first-order chi connectivity index (χ1) is 11.5. The molecule has 0 bridgehead atoms. The number of carboxylic acid groups (broad SMARTS) is 1. The first-order valence-corrected chi connectivity index (χ1v) is 8.88. The summed E-state index contributed by atoms with van der Waals surface area (Å²) in [4.78, 5) is 39.6. The van der Waals surface area contributed by atoms with Crippen LogP contribution in [0.4, 0.5) is 0 Å². The third-order valence-corrected chi connectivity index (χ3v) is 5.59. The van der Waals surface area contributed by atoms with Gasteiger partial charge in [0.25, 0.3) is 0 Å². The summed E-state index contributed by atoms with van der Waals surface area (Å²) in [5, 5.41) is 9.05. The highest BCUT2D eigenvalue weighted by atomic mass is 16.5. The molecule has 3 fully saturated rings. The Morgan fingerprint density at radius 1 is 1.17 bits per heavy atom. The van der Waals surface area contributed by atoms with E-state index in [9.17, 15) is 14.4 Å². The van der Waals surface area contributed by atoms with E-state index in [4.69, 9.17) is 9.84 Å². The lowest BCUT2D eigenvalue weighted by molar-refractivity contribution is -0.160. The van der Waals surface area contributed by atoms with Crippen LogP contribution in [-0.4, -0.2) is 71.1 Å². The molecular formula is C17H26N2O5. The molecule has 0 aromatic heterocycles.